The first-order valence-corrected chi connectivity index (χ1v) is 14.3. The summed E-state index contributed by atoms with van der Waals surface area (Å²) < 4.78 is 24.2. The van der Waals surface area contributed by atoms with E-state index in [1.54, 1.807) is 6.92 Å². The Balaban J connectivity index is 1.51. The van der Waals surface area contributed by atoms with Crippen molar-refractivity contribution in [2.75, 3.05) is 13.7 Å². The molecule has 3 aromatic rings. The summed E-state index contributed by atoms with van der Waals surface area (Å²) in [6, 6.07) is 9.18. The number of nitrogens with zero attached hydrogens (tertiary/aromatic N) is 2. The second-order valence-electron chi connectivity index (χ2n) is 9.96. The number of para-hydroxylation sites is 2. The predicted octanol–water partition coefficient (Wildman–Crippen LogP) is 4.03. The lowest BCUT2D eigenvalue weighted by molar-refractivity contribution is -0.293. The van der Waals surface area contributed by atoms with Crippen LogP contribution in [0.4, 0.5) is 0 Å². The Hall–Kier alpha value is -2.88. The second-order valence-corrected chi connectivity index (χ2v) is 10.7. The summed E-state index contributed by atoms with van der Waals surface area (Å²) in [6.45, 7) is 1.86. The number of fused-ring (bicyclic) bond motifs is 1. The van der Waals surface area contributed by atoms with Gasteiger partial charge in [0.2, 0.25) is 0 Å². The van der Waals surface area contributed by atoms with E-state index in [9.17, 15) is 20.1 Å². The number of aliphatic hydroxyl groups is 3. The number of unbranched alkanes of at least 4 members (excludes halogenated alkanes) is 3. The molecule has 0 radical (unpaired) electrons. The van der Waals surface area contributed by atoms with E-state index >= 15 is 0 Å². The first kappa shape index (κ1) is 32.0. The average Bonchev–Trinajstić information content (AvgIpc) is 3.34. The van der Waals surface area contributed by atoms with Crippen LogP contribution < -0.4 is 4.74 Å². The highest BCUT2D eigenvalue weighted by atomic mass is 35.5. The lowest BCUT2D eigenvalue weighted by Crippen LogP contribution is -2.60. The Bertz CT molecular complexity index is 1440. The highest BCUT2D eigenvalue weighted by Gasteiger charge is 2.47. The van der Waals surface area contributed by atoms with Crippen molar-refractivity contribution in [2.45, 2.75) is 76.5 Å². The molecule has 5 atom stereocenters. The largest absolute Gasteiger partial charge is 0.483 e. The number of carbonyl (C=O) groups excluding carboxylic acids is 1. The second kappa shape index (κ2) is 14.5. The number of hydrogen-bond acceptors (Lipinski definition) is 9. The lowest BCUT2D eigenvalue weighted by atomic mass is 9.99. The van der Waals surface area contributed by atoms with Crippen molar-refractivity contribution in [3.8, 4) is 18.1 Å². The maximum absolute atomic E-state index is 13.1. The highest BCUT2D eigenvalue weighted by Crippen LogP contribution is 2.39. The highest BCUT2D eigenvalue weighted by molar-refractivity contribution is 6.38. The zero-order valence-electron chi connectivity index (χ0n) is 23.3. The molecule has 1 saturated heterocycles. The monoisotopic (exact) mass is 620 g/mol. The van der Waals surface area contributed by atoms with E-state index in [1.807, 2.05) is 24.3 Å². The van der Waals surface area contributed by atoms with Gasteiger partial charge in [-0.15, -0.1) is 12.3 Å². The van der Waals surface area contributed by atoms with Crippen LogP contribution in [0.25, 0.3) is 11.0 Å². The standard InChI is InChI=1S/C30H34Cl2N2O8/c1-4-5-6-7-10-13-34-21-12-9-8-11-20(21)33-23(34)16-40-27-19(31)14-18(17(2)24(27)32)29(38)42-28-26(37)25(36)22(15-35)41-30(28)39-3/h1,8-9,11-12,14,22,25-26,28,30,35-37H,5-7,10,13,15-16H2,2-3H3/t22-,25-,26+,28-,30+/m1/s1. The molecule has 226 valence electrons. The van der Waals surface area contributed by atoms with Crippen LogP contribution in [0.1, 0.15) is 47.4 Å². The van der Waals surface area contributed by atoms with E-state index in [1.165, 1.54) is 13.2 Å². The van der Waals surface area contributed by atoms with Crippen LogP contribution in [-0.4, -0.2) is 75.3 Å². The zero-order valence-corrected chi connectivity index (χ0v) is 24.8. The van der Waals surface area contributed by atoms with Gasteiger partial charge in [-0.3, -0.25) is 0 Å². The van der Waals surface area contributed by atoms with Crippen LogP contribution >= 0.6 is 23.2 Å². The summed E-state index contributed by atoms with van der Waals surface area (Å²) in [5.74, 6) is 2.66. The first-order valence-electron chi connectivity index (χ1n) is 13.6. The van der Waals surface area contributed by atoms with Crippen molar-refractivity contribution >= 4 is 40.2 Å². The van der Waals surface area contributed by atoms with Crippen molar-refractivity contribution in [3.63, 3.8) is 0 Å². The minimum atomic E-state index is -1.57. The van der Waals surface area contributed by atoms with Crippen LogP contribution in [0.2, 0.25) is 10.0 Å². The van der Waals surface area contributed by atoms with Crippen molar-refractivity contribution in [1.82, 2.24) is 9.55 Å². The lowest BCUT2D eigenvalue weighted by Gasteiger charge is -2.40. The minimum Gasteiger partial charge on any atom is -0.483 e. The summed E-state index contributed by atoms with van der Waals surface area (Å²) in [4.78, 5) is 17.9. The van der Waals surface area contributed by atoms with E-state index in [0.29, 0.717) is 11.4 Å². The van der Waals surface area contributed by atoms with Gasteiger partial charge < -0.3 is 38.8 Å². The molecule has 0 aliphatic carbocycles. The van der Waals surface area contributed by atoms with Crippen molar-refractivity contribution < 1.29 is 39.1 Å². The number of benzene rings is 2. The number of aliphatic hydroxyl groups excluding tert-OH is 3. The predicted molar refractivity (Wildman–Crippen MR) is 157 cm³/mol. The normalized spacial score (nSPS) is 22.2. The number of rotatable bonds is 12. The van der Waals surface area contributed by atoms with Crippen LogP contribution in [0.15, 0.2) is 30.3 Å². The molecule has 10 nitrogen and oxygen atoms in total. The minimum absolute atomic E-state index is 0.0254. The molecule has 12 heteroatoms. The third-order valence-electron chi connectivity index (χ3n) is 7.22. The van der Waals surface area contributed by atoms with E-state index in [2.05, 4.69) is 10.5 Å². The molecule has 3 N–H and O–H groups in total. The fraction of sp³-hybridized carbons (Fsp3) is 0.467. The molecule has 1 fully saturated rings. The number of hydrogen-bond donors (Lipinski definition) is 3. The number of aromatic nitrogens is 2. The van der Waals surface area contributed by atoms with E-state index in [4.69, 9.17) is 53.6 Å². The zero-order chi connectivity index (χ0) is 30.4. The van der Waals surface area contributed by atoms with Crippen molar-refractivity contribution in [3.05, 3.63) is 57.3 Å². The molecule has 1 aliphatic heterocycles. The number of methoxy groups -OCH3 is 1. The number of carbonyl (C=O) groups is 1. The smallest absolute Gasteiger partial charge is 0.339 e. The Kier molecular flexibility index (Phi) is 11.1. The molecule has 42 heavy (non-hydrogen) atoms. The molecule has 4 rings (SSSR count). The number of halogens is 2. The fourth-order valence-corrected chi connectivity index (χ4v) is 5.46. The van der Waals surface area contributed by atoms with Gasteiger partial charge in [0.25, 0.3) is 0 Å². The molecule has 2 aromatic carbocycles. The van der Waals surface area contributed by atoms with Gasteiger partial charge in [0.15, 0.2) is 18.1 Å². The van der Waals surface area contributed by atoms with E-state index in [0.717, 1.165) is 43.3 Å². The van der Waals surface area contributed by atoms with Gasteiger partial charge in [-0.05, 0) is 43.5 Å². The van der Waals surface area contributed by atoms with Gasteiger partial charge in [-0.1, -0.05) is 41.8 Å². The van der Waals surface area contributed by atoms with Gasteiger partial charge in [-0.25, -0.2) is 9.78 Å². The molecule has 2 heterocycles. The molecule has 0 unspecified atom stereocenters. The molecular formula is C30H34Cl2N2O8. The fourth-order valence-electron chi connectivity index (χ4n) is 4.89. The number of terminal acetylenes is 1. The summed E-state index contributed by atoms with van der Waals surface area (Å²) in [5.41, 5.74) is 2.18. The quantitative estimate of drug-likeness (QED) is 0.156. The Morgan fingerprint density at radius 3 is 2.67 bits per heavy atom. The molecular weight excluding hydrogens is 587 g/mol. The average molecular weight is 622 g/mol. The summed E-state index contributed by atoms with van der Waals surface area (Å²) in [5, 5.41) is 30.3. The molecule has 1 aromatic heterocycles. The van der Waals surface area contributed by atoms with Crippen LogP contribution in [-0.2, 0) is 27.4 Å². The third kappa shape index (κ3) is 6.84. The molecule has 0 amide bonds. The number of aryl methyl sites for hydroxylation is 1. The molecule has 0 saturated carbocycles. The van der Waals surface area contributed by atoms with E-state index < -0.39 is 43.3 Å². The van der Waals surface area contributed by atoms with Gasteiger partial charge in [0.05, 0.1) is 33.2 Å². The van der Waals surface area contributed by atoms with Crippen molar-refractivity contribution in [1.29, 1.82) is 0 Å². The SMILES string of the molecule is C#CCCCCCn1c(COc2c(Cl)cc(C(=O)O[C@H]3[C@@H](OC)O[C@H](CO)[C@@H](O)[C@@H]3O)c(C)c2Cl)nc2ccccc21. The number of esters is 1. The Labute approximate surface area is 254 Å². The van der Waals surface area contributed by atoms with E-state index in [-0.39, 0.29) is 28.0 Å². The number of imidazole rings is 1. The van der Waals surface area contributed by atoms with Crippen LogP contribution in [0.3, 0.4) is 0 Å². The van der Waals surface area contributed by atoms with Gasteiger partial charge >= 0.3 is 5.97 Å². The summed E-state index contributed by atoms with van der Waals surface area (Å²) in [7, 11) is 1.28. The molecule has 0 spiro atoms. The van der Waals surface area contributed by atoms with Gasteiger partial charge in [0.1, 0.15) is 30.7 Å². The summed E-state index contributed by atoms with van der Waals surface area (Å²) in [6.07, 6.45) is 2.19. The van der Waals surface area contributed by atoms with Gasteiger partial charge in [-0.2, -0.15) is 0 Å². The van der Waals surface area contributed by atoms with Gasteiger partial charge in [0, 0.05) is 20.1 Å². The topological polar surface area (TPSA) is 132 Å². The summed E-state index contributed by atoms with van der Waals surface area (Å²) >= 11 is 13.2. The Morgan fingerprint density at radius 2 is 1.95 bits per heavy atom. The maximum atomic E-state index is 13.1. The first-order chi connectivity index (χ1) is 20.2. The molecule has 1 aliphatic rings. The molecule has 0 bridgehead atoms. The Morgan fingerprint density at radius 1 is 1.19 bits per heavy atom. The number of ether oxygens (including phenoxy) is 4. The van der Waals surface area contributed by atoms with Crippen molar-refractivity contribution in [2.24, 2.45) is 0 Å². The van der Waals surface area contributed by atoms with Crippen LogP contribution in [0, 0.1) is 19.3 Å². The van der Waals surface area contributed by atoms with Crippen LogP contribution in [0.5, 0.6) is 5.75 Å². The maximum Gasteiger partial charge on any atom is 0.339 e. The third-order valence-corrected chi connectivity index (χ3v) is 7.96.